The summed E-state index contributed by atoms with van der Waals surface area (Å²) >= 11 is 1.18. The molecule has 3 nitrogen and oxygen atoms in total. The van der Waals surface area contributed by atoms with Crippen LogP contribution in [0.4, 0.5) is 10.1 Å². The Balaban J connectivity index is 2.32. The number of hydrogen-bond donors (Lipinski definition) is 1. The minimum atomic E-state index is -0.471. The van der Waals surface area contributed by atoms with Crippen LogP contribution in [-0.4, -0.2) is 12.6 Å². The van der Waals surface area contributed by atoms with Gasteiger partial charge in [-0.1, -0.05) is 30.0 Å². The third-order valence-electron chi connectivity index (χ3n) is 2.62. The van der Waals surface area contributed by atoms with E-state index in [1.165, 1.54) is 17.8 Å². The molecule has 0 unspecified atom stereocenters. The van der Waals surface area contributed by atoms with Crippen LogP contribution in [0.5, 0.6) is 0 Å². The molecule has 0 aromatic heterocycles. The van der Waals surface area contributed by atoms with Crippen molar-refractivity contribution < 1.29 is 13.9 Å². The van der Waals surface area contributed by atoms with Gasteiger partial charge in [-0.3, -0.25) is 0 Å². The van der Waals surface area contributed by atoms with Crippen molar-refractivity contribution in [3.63, 3.8) is 0 Å². The summed E-state index contributed by atoms with van der Waals surface area (Å²) in [5.74, 6) is -0.792. The Morgan fingerprint density at radius 3 is 2.60 bits per heavy atom. The minimum Gasteiger partial charge on any atom is -0.462 e. The Morgan fingerprint density at radius 1 is 1.20 bits per heavy atom. The molecule has 0 aliphatic rings. The maximum absolute atomic E-state index is 13.6. The van der Waals surface area contributed by atoms with Crippen molar-refractivity contribution in [2.45, 2.75) is 16.7 Å². The normalized spacial score (nSPS) is 10.3. The Kier molecular flexibility index (Phi) is 4.63. The number of benzene rings is 2. The monoisotopic (exact) mass is 291 g/mol. The minimum absolute atomic E-state index is 0.281. The van der Waals surface area contributed by atoms with E-state index in [1.54, 1.807) is 43.3 Å². The summed E-state index contributed by atoms with van der Waals surface area (Å²) in [6.07, 6.45) is 0. The van der Waals surface area contributed by atoms with Crippen molar-refractivity contribution in [3.05, 3.63) is 53.8 Å². The maximum atomic E-state index is 13.6. The van der Waals surface area contributed by atoms with Crippen molar-refractivity contribution >= 4 is 23.4 Å². The molecular formula is C15H14FNO2S. The standard InChI is InChI=1S/C15H14FNO2S/c1-2-19-15(18)10-6-5-9-13(14(10)17)20-12-8-4-3-7-11(12)16/h3-9H,2,17H2,1H3. The highest BCUT2D eigenvalue weighted by Gasteiger charge is 2.14. The molecule has 104 valence electrons. The molecule has 0 aliphatic carbocycles. The molecule has 0 radical (unpaired) electrons. The SMILES string of the molecule is CCOC(=O)c1cccc(Sc2ccccc2F)c1N. The smallest absolute Gasteiger partial charge is 0.340 e. The van der Waals surface area contributed by atoms with Crippen LogP contribution >= 0.6 is 11.8 Å². The number of anilines is 1. The third kappa shape index (κ3) is 3.11. The lowest BCUT2D eigenvalue weighted by molar-refractivity contribution is 0.0527. The quantitative estimate of drug-likeness (QED) is 0.688. The Hall–Kier alpha value is -2.01. The fourth-order valence-electron chi connectivity index (χ4n) is 1.67. The van der Waals surface area contributed by atoms with E-state index in [2.05, 4.69) is 0 Å². The molecule has 2 aromatic rings. The van der Waals surface area contributed by atoms with Gasteiger partial charge in [0.25, 0.3) is 0 Å². The highest BCUT2D eigenvalue weighted by molar-refractivity contribution is 7.99. The molecule has 0 amide bonds. The van der Waals surface area contributed by atoms with E-state index < -0.39 is 5.97 Å². The molecule has 0 fully saturated rings. The molecule has 0 saturated carbocycles. The number of nitrogens with two attached hydrogens (primary N) is 1. The van der Waals surface area contributed by atoms with Gasteiger partial charge in [0.2, 0.25) is 0 Å². The predicted octanol–water partition coefficient (Wildman–Crippen LogP) is 3.74. The fraction of sp³-hybridized carbons (Fsp3) is 0.133. The largest absolute Gasteiger partial charge is 0.462 e. The van der Waals surface area contributed by atoms with Gasteiger partial charge in [0, 0.05) is 9.79 Å². The number of esters is 1. The molecule has 5 heteroatoms. The molecule has 0 heterocycles. The number of ether oxygens (including phenoxy) is 1. The second-order valence-corrected chi connectivity index (χ2v) is 5.05. The van der Waals surface area contributed by atoms with E-state index in [0.29, 0.717) is 21.0 Å². The number of carbonyl (C=O) groups excluding carboxylic acids is 1. The van der Waals surface area contributed by atoms with Crippen LogP contribution in [0.15, 0.2) is 52.3 Å². The van der Waals surface area contributed by atoms with E-state index in [1.807, 2.05) is 0 Å². The van der Waals surface area contributed by atoms with Gasteiger partial charge in [-0.15, -0.1) is 0 Å². The molecule has 0 saturated heterocycles. The van der Waals surface area contributed by atoms with Crippen LogP contribution in [-0.2, 0) is 4.74 Å². The Bertz CT molecular complexity index is 631. The van der Waals surface area contributed by atoms with Crippen LogP contribution in [0, 0.1) is 5.82 Å². The number of para-hydroxylation sites is 1. The number of carbonyl (C=O) groups is 1. The molecular weight excluding hydrogens is 277 g/mol. The van der Waals surface area contributed by atoms with E-state index >= 15 is 0 Å². The first-order valence-electron chi connectivity index (χ1n) is 6.11. The lowest BCUT2D eigenvalue weighted by Crippen LogP contribution is -2.08. The topological polar surface area (TPSA) is 52.3 Å². The summed E-state index contributed by atoms with van der Waals surface area (Å²) in [6, 6.07) is 11.5. The summed E-state index contributed by atoms with van der Waals surface area (Å²) in [5, 5.41) is 0. The van der Waals surface area contributed by atoms with Crippen molar-refractivity contribution in [1.29, 1.82) is 0 Å². The van der Waals surface area contributed by atoms with Gasteiger partial charge in [-0.25, -0.2) is 9.18 Å². The zero-order valence-corrected chi connectivity index (χ0v) is 11.7. The molecule has 2 aromatic carbocycles. The Labute approximate surface area is 120 Å². The summed E-state index contributed by atoms with van der Waals surface area (Å²) in [7, 11) is 0. The lowest BCUT2D eigenvalue weighted by atomic mass is 10.2. The van der Waals surface area contributed by atoms with Crippen molar-refractivity contribution in [2.24, 2.45) is 0 Å². The highest BCUT2D eigenvalue weighted by Crippen LogP contribution is 2.35. The fourth-order valence-corrected chi connectivity index (χ4v) is 2.58. The molecule has 2 rings (SSSR count). The second kappa shape index (κ2) is 6.43. The zero-order chi connectivity index (χ0) is 14.5. The van der Waals surface area contributed by atoms with Gasteiger partial charge in [0.05, 0.1) is 17.9 Å². The third-order valence-corrected chi connectivity index (χ3v) is 3.74. The van der Waals surface area contributed by atoms with Crippen molar-refractivity contribution in [2.75, 3.05) is 12.3 Å². The average molecular weight is 291 g/mol. The second-order valence-electron chi connectivity index (χ2n) is 3.97. The van der Waals surface area contributed by atoms with Crippen molar-refractivity contribution in [1.82, 2.24) is 0 Å². The molecule has 2 N–H and O–H groups in total. The van der Waals surface area contributed by atoms with Gasteiger partial charge in [-0.05, 0) is 31.2 Å². The van der Waals surface area contributed by atoms with Crippen LogP contribution < -0.4 is 5.73 Å². The maximum Gasteiger partial charge on any atom is 0.340 e. The molecule has 0 atom stereocenters. The van der Waals surface area contributed by atoms with Gasteiger partial charge in [0.1, 0.15) is 5.82 Å². The summed E-state index contributed by atoms with van der Waals surface area (Å²) in [4.78, 5) is 12.8. The summed E-state index contributed by atoms with van der Waals surface area (Å²) in [5.41, 5.74) is 6.57. The zero-order valence-electron chi connectivity index (χ0n) is 10.9. The van der Waals surface area contributed by atoms with Gasteiger partial charge < -0.3 is 10.5 Å². The number of nitrogen functional groups attached to an aromatic ring is 1. The lowest BCUT2D eigenvalue weighted by Gasteiger charge is -2.10. The summed E-state index contributed by atoms with van der Waals surface area (Å²) in [6.45, 7) is 2.01. The van der Waals surface area contributed by atoms with Crippen LogP contribution in [0.3, 0.4) is 0 Å². The van der Waals surface area contributed by atoms with Gasteiger partial charge in [0.15, 0.2) is 0 Å². The number of rotatable bonds is 4. The average Bonchev–Trinajstić information content (AvgIpc) is 2.43. The van der Waals surface area contributed by atoms with Crippen LogP contribution in [0.2, 0.25) is 0 Å². The molecule has 0 aliphatic heterocycles. The van der Waals surface area contributed by atoms with E-state index in [-0.39, 0.29) is 12.4 Å². The van der Waals surface area contributed by atoms with Crippen LogP contribution in [0.25, 0.3) is 0 Å². The Morgan fingerprint density at radius 2 is 1.90 bits per heavy atom. The first kappa shape index (κ1) is 14.4. The van der Waals surface area contributed by atoms with E-state index in [9.17, 15) is 9.18 Å². The first-order chi connectivity index (χ1) is 9.63. The van der Waals surface area contributed by atoms with Crippen LogP contribution in [0.1, 0.15) is 17.3 Å². The highest BCUT2D eigenvalue weighted by atomic mass is 32.2. The van der Waals surface area contributed by atoms with E-state index in [4.69, 9.17) is 10.5 Å². The summed E-state index contributed by atoms with van der Waals surface area (Å²) < 4.78 is 18.6. The predicted molar refractivity (Wildman–Crippen MR) is 77.3 cm³/mol. The molecule has 0 spiro atoms. The number of halogens is 1. The number of hydrogen-bond acceptors (Lipinski definition) is 4. The van der Waals surface area contributed by atoms with Gasteiger partial charge >= 0.3 is 5.97 Å². The van der Waals surface area contributed by atoms with E-state index in [0.717, 1.165) is 0 Å². The first-order valence-corrected chi connectivity index (χ1v) is 6.93. The van der Waals surface area contributed by atoms with Gasteiger partial charge in [-0.2, -0.15) is 0 Å². The molecule has 0 bridgehead atoms. The molecule has 20 heavy (non-hydrogen) atoms. The van der Waals surface area contributed by atoms with Crippen molar-refractivity contribution in [3.8, 4) is 0 Å².